The van der Waals surface area contributed by atoms with E-state index in [1.54, 1.807) is 4.90 Å². The van der Waals surface area contributed by atoms with E-state index in [1.807, 2.05) is 18.2 Å². The highest BCUT2D eigenvalue weighted by molar-refractivity contribution is 6.05. The van der Waals surface area contributed by atoms with E-state index in [2.05, 4.69) is 24.1 Å². The summed E-state index contributed by atoms with van der Waals surface area (Å²) in [6, 6.07) is 5.35. The van der Waals surface area contributed by atoms with Gasteiger partial charge in [-0.2, -0.15) is 0 Å². The summed E-state index contributed by atoms with van der Waals surface area (Å²) in [5.41, 5.74) is 2.60. The number of hydrogen-bond donors (Lipinski definition) is 1. The van der Waals surface area contributed by atoms with Gasteiger partial charge in [0.05, 0.1) is 12.2 Å². The molecule has 0 aromatic heterocycles. The lowest BCUT2D eigenvalue weighted by Gasteiger charge is -2.42. The summed E-state index contributed by atoms with van der Waals surface area (Å²) in [6.45, 7) is 6.27. The number of hydrogen-bond acceptors (Lipinski definition) is 5. The molecule has 0 spiro atoms. The number of amides is 3. The lowest BCUT2D eigenvalue weighted by molar-refractivity contribution is -0.136. The largest absolute Gasteiger partial charge is 0.372 e. The van der Waals surface area contributed by atoms with Crippen LogP contribution in [0.5, 0.6) is 0 Å². The first kappa shape index (κ1) is 18.0. The molecular weight excluding hydrogens is 346 g/mol. The number of anilines is 1. The molecule has 3 aliphatic heterocycles. The zero-order valence-electron chi connectivity index (χ0n) is 15.7. The zero-order chi connectivity index (χ0) is 19.1. The summed E-state index contributed by atoms with van der Waals surface area (Å²) in [5.74, 6) is -0.774. The lowest BCUT2D eigenvalue weighted by atomic mass is 10.0. The first-order valence-corrected chi connectivity index (χ1v) is 9.64. The van der Waals surface area contributed by atoms with Crippen molar-refractivity contribution in [1.29, 1.82) is 0 Å². The molecule has 0 radical (unpaired) electrons. The molecule has 1 aromatic carbocycles. The van der Waals surface area contributed by atoms with Crippen LogP contribution >= 0.6 is 0 Å². The Labute approximate surface area is 158 Å². The van der Waals surface area contributed by atoms with Crippen molar-refractivity contribution in [3.8, 4) is 0 Å². The molecule has 4 rings (SSSR count). The molecule has 1 N–H and O–H groups in total. The summed E-state index contributed by atoms with van der Waals surface area (Å²) in [7, 11) is 0. The van der Waals surface area contributed by atoms with Gasteiger partial charge in [-0.15, -0.1) is 0 Å². The van der Waals surface area contributed by atoms with Crippen LogP contribution in [0.25, 0.3) is 0 Å². The fourth-order valence-corrected chi connectivity index (χ4v) is 3.90. The summed E-state index contributed by atoms with van der Waals surface area (Å²) in [5, 5.41) is 2.33. The van der Waals surface area contributed by atoms with Crippen molar-refractivity contribution in [2.75, 3.05) is 18.0 Å². The molecule has 0 bridgehead atoms. The Morgan fingerprint density at radius 3 is 2.74 bits per heavy atom. The summed E-state index contributed by atoms with van der Waals surface area (Å²) >= 11 is 0. The average molecular weight is 371 g/mol. The number of carbonyl (C=O) groups is 3. The number of carbonyl (C=O) groups excluding carboxylic acids is 3. The third-order valence-electron chi connectivity index (χ3n) is 5.72. The molecule has 3 aliphatic rings. The molecule has 3 heterocycles. The minimum Gasteiger partial charge on any atom is -0.372 e. The number of nitrogens with one attached hydrogen (secondary N) is 1. The maximum Gasteiger partial charge on any atom is 0.255 e. The fourth-order valence-electron chi connectivity index (χ4n) is 3.90. The fraction of sp³-hybridized carbons (Fsp3) is 0.550. The van der Waals surface area contributed by atoms with Crippen LogP contribution in [0.3, 0.4) is 0 Å². The Balaban J connectivity index is 1.43. The van der Waals surface area contributed by atoms with Gasteiger partial charge in [0, 0.05) is 37.3 Å². The molecule has 2 fully saturated rings. The molecule has 27 heavy (non-hydrogen) atoms. The van der Waals surface area contributed by atoms with E-state index in [1.165, 1.54) is 0 Å². The molecule has 2 atom stereocenters. The maximum absolute atomic E-state index is 12.9. The molecule has 3 amide bonds. The number of imide groups is 1. The van der Waals surface area contributed by atoms with Gasteiger partial charge in [-0.1, -0.05) is 13.0 Å². The third-order valence-corrected chi connectivity index (χ3v) is 5.72. The number of piperidine rings is 1. The molecule has 7 nitrogen and oxygen atoms in total. The predicted molar refractivity (Wildman–Crippen MR) is 99.3 cm³/mol. The SMILES string of the molecule is CCC(C)OC1CN(c2ccc3c(c2)C(=O)N(C2CCC(=O)NC2=O)C3)C1. The molecule has 144 valence electrons. The van der Waals surface area contributed by atoms with Gasteiger partial charge in [0.15, 0.2) is 0 Å². The molecule has 1 aromatic rings. The predicted octanol–water partition coefficient (Wildman–Crippen LogP) is 1.45. The van der Waals surface area contributed by atoms with Crippen molar-refractivity contribution in [2.45, 2.75) is 57.9 Å². The second-order valence-electron chi connectivity index (χ2n) is 7.62. The standard InChI is InChI=1S/C20H25N3O4/c1-3-12(2)27-15-10-22(11-15)14-5-4-13-9-23(20(26)16(13)8-14)17-6-7-18(24)21-19(17)25/h4-5,8,12,15,17H,3,6-7,9-11H2,1-2H3,(H,21,24,25). The molecule has 2 saturated heterocycles. The number of benzene rings is 1. The minimum absolute atomic E-state index is 0.130. The van der Waals surface area contributed by atoms with Crippen LogP contribution < -0.4 is 10.2 Å². The first-order valence-electron chi connectivity index (χ1n) is 9.64. The normalized spacial score (nSPS) is 23.9. The average Bonchev–Trinajstić information content (AvgIpc) is 2.93. The van der Waals surface area contributed by atoms with E-state index in [0.29, 0.717) is 18.5 Å². The number of fused-ring (bicyclic) bond motifs is 1. The maximum atomic E-state index is 12.9. The van der Waals surface area contributed by atoms with Gasteiger partial charge < -0.3 is 14.5 Å². The van der Waals surface area contributed by atoms with Crippen molar-refractivity contribution in [3.05, 3.63) is 29.3 Å². The van der Waals surface area contributed by atoms with Crippen LogP contribution in [0.4, 0.5) is 5.69 Å². The first-order chi connectivity index (χ1) is 13.0. The van der Waals surface area contributed by atoms with E-state index >= 15 is 0 Å². The topological polar surface area (TPSA) is 79.0 Å². The van der Waals surface area contributed by atoms with Crippen molar-refractivity contribution >= 4 is 23.4 Å². The molecule has 2 unspecified atom stereocenters. The Kier molecular flexibility index (Phi) is 4.63. The molecular formula is C20H25N3O4. The van der Waals surface area contributed by atoms with E-state index < -0.39 is 6.04 Å². The van der Waals surface area contributed by atoms with Crippen LogP contribution in [0.2, 0.25) is 0 Å². The minimum atomic E-state index is -0.566. The summed E-state index contributed by atoms with van der Waals surface area (Å²) in [4.78, 5) is 40.1. The van der Waals surface area contributed by atoms with Gasteiger partial charge in [-0.3, -0.25) is 19.7 Å². The van der Waals surface area contributed by atoms with Crippen molar-refractivity contribution in [3.63, 3.8) is 0 Å². The van der Waals surface area contributed by atoms with Crippen LogP contribution in [-0.2, 0) is 20.9 Å². The molecule has 0 aliphatic carbocycles. The van der Waals surface area contributed by atoms with Gasteiger partial charge in [0.2, 0.25) is 11.8 Å². The van der Waals surface area contributed by atoms with Crippen molar-refractivity contribution in [1.82, 2.24) is 10.2 Å². The van der Waals surface area contributed by atoms with Crippen molar-refractivity contribution < 1.29 is 19.1 Å². The summed E-state index contributed by atoms with van der Waals surface area (Å²) in [6.07, 6.45) is 2.16. The number of ether oxygens (including phenoxy) is 1. The highest BCUT2D eigenvalue weighted by atomic mass is 16.5. The van der Waals surface area contributed by atoms with Crippen molar-refractivity contribution in [2.24, 2.45) is 0 Å². The zero-order valence-corrected chi connectivity index (χ0v) is 15.7. The van der Waals surface area contributed by atoms with Gasteiger partial charge in [0.1, 0.15) is 6.04 Å². The van der Waals surface area contributed by atoms with Gasteiger partial charge in [0.25, 0.3) is 5.91 Å². The smallest absolute Gasteiger partial charge is 0.255 e. The van der Waals surface area contributed by atoms with Crippen LogP contribution in [0.1, 0.15) is 49.0 Å². The van der Waals surface area contributed by atoms with Crippen LogP contribution in [-0.4, -0.2) is 54.0 Å². The number of rotatable bonds is 5. The quantitative estimate of drug-likeness (QED) is 0.793. The van der Waals surface area contributed by atoms with Gasteiger partial charge in [-0.05, 0) is 37.5 Å². The Hall–Kier alpha value is -2.41. The summed E-state index contributed by atoms with van der Waals surface area (Å²) < 4.78 is 5.93. The second-order valence-corrected chi connectivity index (χ2v) is 7.62. The highest BCUT2D eigenvalue weighted by Crippen LogP contribution is 2.32. The van der Waals surface area contributed by atoms with Crippen LogP contribution in [0.15, 0.2) is 18.2 Å². The number of nitrogens with zero attached hydrogens (tertiary/aromatic N) is 2. The van der Waals surface area contributed by atoms with E-state index in [-0.39, 0.29) is 36.4 Å². The lowest BCUT2D eigenvalue weighted by Crippen LogP contribution is -2.53. The van der Waals surface area contributed by atoms with E-state index in [0.717, 1.165) is 30.8 Å². The van der Waals surface area contributed by atoms with Gasteiger partial charge >= 0.3 is 0 Å². The molecule has 0 saturated carbocycles. The highest BCUT2D eigenvalue weighted by Gasteiger charge is 2.39. The van der Waals surface area contributed by atoms with E-state index in [4.69, 9.17) is 4.74 Å². The third kappa shape index (κ3) is 3.32. The van der Waals surface area contributed by atoms with E-state index in [9.17, 15) is 14.4 Å². The van der Waals surface area contributed by atoms with Crippen LogP contribution in [0, 0.1) is 0 Å². The Morgan fingerprint density at radius 2 is 2.04 bits per heavy atom. The molecule has 7 heteroatoms. The Bertz CT molecular complexity index is 787. The second kappa shape index (κ2) is 6.96. The van der Waals surface area contributed by atoms with Gasteiger partial charge in [-0.25, -0.2) is 0 Å². The monoisotopic (exact) mass is 371 g/mol. The Morgan fingerprint density at radius 1 is 1.26 bits per heavy atom.